The van der Waals surface area contributed by atoms with Crippen LogP contribution < -0.4 is 14.9 Å². The van der Waals surface area contributed by atoms with Gasteiger partial charge in [-0.15, -0.1) is 0 Å². The van der Waals surface area contributed by atoms with Crippen molar-refractivity contribution >= 4 is 11.0 Å². The summed E-state index contributed by atoms with van der Waals surface area (Å²) in [6, 6.07) is 13.6. The molecule has 0 bridgehead atoms. The van der Waals surface area contributed by atoms with Gasteiger partial charge in [0.1, 0.15) is 28.2 Å². The largest absolute Gasteiger partial charge is 0.496 e. The molecule has 1 aromatic heterocycles. The monoisotopic (exact) mass is 307 g/mol. The highest BCUT2D eigenvalue weighted by molar-refractivity contribution is 5.86. The number of nitrogens with zero attached hydrogens (tertiary/aromatic N) is 1. The second kappa shape index (κ2) is 5.85. The molecule has 5 heteroatoms. The van der Waals surface area contributed by atoms with E-state index >= 15 is 0 Å². The molecule has 2 aromatic carbocycles. The molecule has 0 N–H and O–H groups in total. The zero-order valence-corrected chi connectivity index (χ0v) is 12.6. The van der Waals surface area contributed by atoms with E-state index in [1.807, 2.05) is 0 Å². The summed E-state index contributed by atoms with van der Waals surface area (Å²) in [4.78, 5) is 12.4. The second-order valence-electron chi connectivity index (χ2n) is 4.87. The predicted molar refractivity (Wildman–Crippen MR) is 85.7 cm³/mol. The Labute approximate surface area is 132 Å². The third-order valence-electron chi connectivity index (χ3n) is 3.52. The Morgan fingerprint density at radius 2 is 1.78 bits per heavy atom. The molecule has 0 saturated heterocycles. The van der Waals surface area contributed by atoms with Gasteiger partial charge in [0.2, 0.25) is 0 Å². The summed E-state index contributed by atoms with van der Waals surface area (Å²) in [6.45, 7) is 0. The first kappa shape index (κ1) is 14.7. The van der Waals surface area contributed by atoms with Crippen LogP contribution in [0.3, 0.4) is 0 Å². The topological polar surface area (TPSA) is 72.5 Å². The van der Waals surface area contributed by atoms with Gasteiger partial charge in [-0.25, -0.2) is 0 Å². The number of nitriles is 1. The molecule has 0 spiro atoms. The van der Waals surface area contributed by atoms with Crippen molar-refractivity contribution in [2.45, 2.75) is 0 Å². The summed E-state index contributed by atoms with van der Waals surface area (Å²) in [6.07, 6.45) is 0. The van der Waals surface area contributed by atoms with Gasteiger partial charge in [-0.3, -0.25) is 4.79 Å². The fraction of sp³-hybridized carbons (Fsp3) is 0.111. The second-order valence-corrected chi connectivity index (χ2v) is 4.87. The number of hydrogen-bond acceptors (Lipinski definition) is 5. The summed E-state index contributed by atoms with van der Waals surface area (Å²) >= 11 is 0. The van der Waals surface area contributed by atoms with Crippen LogP contribution in [0.2, 0.25) is 0 Å². The average molecular weight is 307 g/mol. The van der Waals surface area contributed by atoms with E-state index in [2.05, 4.69) is 6.07 Å². The van der Waals surface area contributed by atoms with E-state index < -0.39 is 0 Å². The molecule has 0 amide bonds. The molecule has 0 aliphatic rings. The maximum atomic E-state index is 12.4. The standard InChI is InChI=1S/C18H13NO4/c1-21-13-7-16(22-2)18-14(20)9-15(23-17(18)8-13)12-5-3-11(10-19)4-6-12/h3-9H,1-2H3. The van der Waals surface area contributed by atoms with Gasteiger partial charge in [0.05, 0.1) is 25.9 Å². The number of rotatable bonds is 3. The Morgan fingerprint density at radius 3 is 2.39 bits per heavy atom. The Hall–Kier alpha value is -3.26. The quantitative estimate of drug-likeness (QED) is 0.742. The maximum Gasteiger partial charge on any atom is 0.197 e. The third-order valence-corrected chi connectivity index (χ3v) is 3.52. The molecule has 5 nitrogen and oxygen atoms in total. The number of benzene rings is 2. The van der Waals surface area contributed by atoms with Crippen molar-refractivity contribution in [2.24, 2.45) is 0 Å². The Morgan fingerprint density at radius 1 is 1.04 bits per heavy atom. The zero-order valence-electron chi connectivity index (χ0n) is 12.6. The lowest BCUT2D eigenvalue weighted by Crippen LogP contribution is -2.03. The molecule has 1 heterocycles. The lowest BCUT2D eigenvalue weighted by molar-refractivity contribution is 0.396. The molecule has 0 atom stereocenters. The molecule has 3 aromatic rings. The number of ether oxygens (including phenoxy) is 2. The molecule has 114 valence electrons. The van der Waals surface area contributed by atoms with Crippen LogP contribution in [0.4, 0.5) is 0 Å². The van der Waals surface area contributed by atoms with Gasteiger partial charge in [-0.2, -0.15) is 5.26 Å². The van der Waals surface area contributed by atoms with Crippen LogP contribution in [0.25, 0.3) is 22.3 Å². The van der Waals surface area contributed by atoms with Crippen LogP contribution in [0.5, 0.6) is 11.5 Å². The number of fused-ring (bicyclic) bond motifs is 1. The normalized spacial score (nSPS) is 10.3. The first-order valence-corrected chi connectivity index (χ1v) is 6.86. The fourth-order valence-corrected chi connectivity index (χ4v) is 2.36. The van der Waals surface area contributed by atoms with Crippen molar-refractivity contribution in [3.63, 3.8) is 0 Å². The van der Waals surface area contributed by atoms with E-state index in [1.165, 1.54) is 20.3 Å². The van der Waals surface area contributed by atoms with Crippen molar-refractivity contribution < 1.29 is 13.9 Å². The van der Waals surface area contributed by atoms with Gasteiger partial charge < -0.3 is 13.9 Å². The minimum absolute atomic E-state index is 0.204. The minimum Gasteiger partial charge on any atom is -0.496 e. The predicted octanol–water partition coefficient (Wildman–Crippen LogP) is 3.35. The van der Waals surface area contributed by atoms with Crippen LogP contribution in [-0.4, -0.2) is 14.2 Å². The van der Waals surface area contributed by atoms with E-state index in [-0.39, 0.29) is 5.43 Å². The van der Waals surface area contributed by atoms with Crippen LogP contribution >= 0.6 is 0 Å². The average Bonchev–Trinajstić information content (AvgIpc) is 2.60. The molecule has 23 heavy (non-hydrogen) atoms. The van der Waals surface area contributed by atoms with Gasteiger partial charge in [0.25, 0.3) is 0 Å². The van der Waals surface area contributed by atoms with Crippen LogP contribution in [0.15, 0.2) is 51.7 Å². The van der Waals surface area contributed by atoms with Crippen molar-refractivity contribution in [3.8, 4) is 28.9 Å². The fourth-order valence-electron chi connectivity index (χ4n) is 2.36. The van der Waals surface area contributed by atoms with E-state index in [9.17, 15) is 4.79 Å². The number of methoxy groups -OCH3 is 2. The van der Waals surface area contributed by atoms with Gasteiger partial charge >= 0.3 is 0 Å². The lowest BCUT2D eigenvalue weighted by Gasteiger charge is -2.09. The Balaban J connectivity index is 2.24. The SMILES string of the molecule is COc1cc(OC)c2c(=O)cc(-c3ccc(C#N)cc3)oc2c1. The van der Waals surface area contributed by atoms with Crippen molar-refractivity contribution in [1.82, 2.24) is 0 Å². The molecule has 0 saturated carbocycles. The van der Waals surface area contributed by atoms with Crippen molar-refractivity contribution in [2.75, 3.05) is 14.2 Å². The van der Waals surface area contributed by atoms with E-state index in [0.29, 0.717) is 39.4 Å². The Kier molecular flexibility index (Phi) is 3.73. The van der Waals surface area contributed by atoms with Crippen LogP contribution in [0, 0.1) is 11.3 Å². The third kappa shape index (κ3) is 2.62. The summed E-state index contributed by atoms with van der Waals surface area (Å²) in [5.41, 5.74) is 1.43. The van der Waals surface area contributed by atoms with E-state index in [0.717, 1.165) is 0 Å². The maximum absolute atomic E-state index is 12.4. The molecule has 0 aliphatic heterocycles. The van der Waals surface area contributed by atoms with Crippen LogP contribution in [0.1, 0.15) is 5.56 Å². The molecular formula is C18H13NO4. The highest BCUT2D eigenvalue weighted by Crippen LogP contribution is 2.31. The highest BCUT2D eigenvalue weighted by Gasteiger charge is 2.13. The molecule has 3 rings (SSSR count). The molecular weight excluding hydrogens is 294 g/mol. The van der Waals surface area contributed by atoms with Gasteiger partial charge in [-0.05, 0) is 24.3 Å². The molecule has 0 radical (unpaired) electrons. The smallest absolute Gasteiger partial charge is 0.197 e. The molecule has 0 fully saturated rings. The van der Waals surface area contributed by atoms with E-state index in [1.54, 1.807) is 36.4 Å². The summed E-state index contributed by atoms with van der Waals surface area (Å²) in [7, 11) is 3.02. The summed E-state index contributed by atoms with van der Waals surface area (Å²) < 4.78 is 16.3. The van der Waals surface area contributed by atoms with Gasteiger partial charge in [0, 0.05) is 23.8 Å². The zero-order chi connectivity index (χ0) is 16.4. The first-order valence-electron chi connectivity index (χ1n) is 6.86. The van der Waals surface area contributed by atoms with Gasteiger partial charge in [-0.1, -0.05) is 0 Å². The highest BCUT2D eigenvalue weighted by atomic mass is 16.5. The Bertz CT molecular complexity index is 965. The minimum atomic E-state index is -0.204. The van der Waals surface area contributed by atoms with E-state index in [4.69, 9.17) is 19.2 Å². The van der Waals surface area contributed by atoms with Gasteiger partial charge in [0.15, 0.2) is 5.43 Å². The van der Waals surface area contributed by atoms with Crippen LogP contribution in [-0.2, 0) is 0 Å². The summed E-state index contributed by atoms with van der Waals surface area (Å²) in [5, 5.41) is 9.22. The summed E-state index contributed by atoms with van der Waals surface area (Å²) in [5.74, 6) is 1.36. The van der Waals surface area contributed by atoms with Crippen molar-refractivity contribution in [3.05, 3.63) is 58.3 Å². The first-order chi connectivity index (χ1) is 11.2. The molecule has 0 aliphatic carbocycles. The lowest BCUT2D eigenvalue weighted by atomic mass is 10.1. The number of hydrogen-bond donors (Lipinski definition) is 0. The molecule has 0 unspecified atom stereocenters. The van der Waals surface area contributed by atoms with Crippen molar-refractivity contribution in [1.29, 1.82) is 5.26 Å².